The first-order valence-electron chi connectivity index (χ1n) is 8.08. The molecule has 1 aliphatic heterocycles. The molecule has 3 rings (SSSR count). The summed E-state index contributed by atoms with van der Waals surface area (Å²) in [6.07, 6.45) is 6.26. The third-order valence-electron chi connectivity index (χ3n) is 4.47. The molecule has 2 aliphatic rings. The number of ether oxygens (including phenoxy) is 1. The van der Waals surface area contributed by atoms with Crippen LogP contribution in [0.2, 0.25) is 0 Å². The van der Waals surface area contributed by atoms with E-state index in [9.17, 15) is 4.79 Å². The van der Waals surface area contributed by atoms with Crippen LogP contribution in [0.5, 0.6) is 0 Å². The topological polar surface area (TPSA) is 50.4 Å². The van der Waals surface area contributed by atoms with Crippen LogP contribution in [0.15, 0.2) is 29.2 Å². The Bertz CT molecular complexity index is 500. The standard InChI is InChI=1S/C17H24N2O2S/c1-21-13-10-16(18-11-13)17(20)19-12-6-8-15(9-7-12)22-14-4-2-3-5-14/h6-9,13-14,16,18H,2-5,10-11H2,1H3,(H,19,20)/t13-,16+/m0/s1. The molecule has 0 radical (unpaired) electrons. The van der Waals surface area contributed by atoms with E-state index in [1.54, 1.807) is 7.11 Å². The lowest BCUT2D eigenvalue weighted by Gasteiger charge is -2.12. The third-order valence-corrected chi connectivity index (χ3v) is 5.82. The first-order valence-corrected chi connectivity index (χ1v) is 8.96. The molecule has 0 spiro atoms. The molecule has 2 atom stereocenters. The van der Waals surface area contributed by atoms with Gasteiger partial charge in [-0.2, -0.15) is 0 Å². The summed E-state index contributed by atoms with van der Waals surface area (Å²) in [7, 11) is 1.69. The highest BCUT2D eigenvalue weighted by Gasteiger charge is 2.29. The van der Waals surface area contributed by atoms with Crippen LogP contribution in [0, 0.1) is 0 Å². The Morgan fingerprint density at radius 2 is 2.00 bits per heavy atom. The Hall–Kier alpha value is -1.04. The number of hydrogen-bond acceptors (Lipinski definition) is 4. The zero-order chi connectivity index (χ0) is 15.4. The summed E-state index contributed by atoms with van der Waals surface area (Å²) in [5.74, 6) is 0.0238. The van der Waals surface area contributed by atoms with Gasteiger partial charge in [-0.05, 0) is 43.5 Å². The second-order valence-electron chi connectivity index (χ2n) is 6.09. The lowest BCUT2D eigenvalue weighted by atomic mass is 10.2. The number of thioether (sulfide) groups is 1. The Balaban J connectivity index is 1.51. The fourth-order valence-electron chi connectivity index (χ4n) is 3.13. The molecule has 2 fully saturated rings. The number of rotatable bonds is 5. The van der Waals surface area contributed by atoms with Gasteiger partial charge in [0, 0.05) is 29.5 Å². The van der Waals surface area contributed by atoms with E-state index in [4.69, 9.17) is 4.74 Å². The second kappa shape index (κ2) is 7.49. The van der Waals surface area contributed by atoms with E-state index in [2.05, 4.69) is 22.8 Å². The minimum Gasteiger partial charge on any atom is -0.380 e. The van der Waals surface area contributed by atoms with Gasteiger partial charge < -0.3 is 15.4 Å². The van der Waals surface area contributed by atoms with Crippen molar-refractivity contribution < 1.29 is 9.53 Å². The van der Waals surface area contributed by atoms with Crippen LogP contribution < -0.4 is 10.6 Å². The minimum atomic E-state index is -0.155. The molecule has 4 nitrogen and oxygen atoms in total. The van der Waals surface area contributed by atoms with Crippen LogP contribution in [0.3, 0.4) is 0 Å². The number of anilines is 1. The van der Waals surface area contributed by atoms with E-state index in [0.29, 0.717) is 0 Å². The Morgan fingerprint density at radius 3 is 2.64 bits per heavy atom. The number of benzene rings is 1. The predicted molar refractivity (Wildman–Crippen MR) is 90.4 cm³/mol. The number of methoxy groups -OCH3 is 1. The molecule has 5 heteroatoms. The summed E-state index contributed by atoms with van der Waals surface area (Å²) >= 11 is 1.97. The fourth-order valence-corrected chi connectivity index (χ4v) is 4.37. The molecule has 22 heavy (non-hydrogen) atoms. The van der Waals surface area contributed by atoms with E-state index >= 15 is 0 Å². The van der Waals surface area contributed by atoms with E-state index in [1.807, 2.05) is 23.9 Å². The molecular formula is C17H24N2O2S. The summed E-state index contributed by atoms with van der Waals surface area (Å²) in [4.78, 5) is 13.5. The third kappa shape index (κ3) is 4.03. The van der Waals surface area contributed by atoms with Crippen molar-refractivity contribution >= 4 is 23.4 Å². The van der Waals surface area contributed by atoms with Crippen molar-refractivity contribution in [2.45, 2.75) is 54.4 Å². The number of nitrogens with one attached hydrogen (secondary N) is 2. The van der Waals surface area contributed by atoms with Crippen molar-refractivity contribution in [1.29, 1.82) is 0 Å². The van der Waals surface area contributed by atoms with Gasteiger partial charge in [0.05, 0.1) is 12.1 Å². The van der Waals surface area contributed by atoms with Gasteiger partial charge in [-0.15, -0.1) is 11.8 Å². The number of carbonyl (C=O) groups is 1. The van der Waals surface area contributed by atoms with Crippen molar-refractivity contribution in [3.8, 4) is 0 Å². The van der Waals surface area contributed by atoms with Crippen LogP contribution in [0.1, 0.15) is 32.1 Å². The summed E-state index contributed by atoms with van der Waals surface area (Å²) in [5, 5.41) is 6.95. The molecule has 120 valence electrons. The van der Waals surface area contributed by atoms with Gasteiger partial charge in [-0.1, -0.05) is 12.8 Å². The average molecular weight is 320 g/mol. The molecular weight excluding hydrogens is 296 g/mol. The normalized spacial score (nSPS) is 25.5. The van der Waals surface area contributed by atoms with Crippen molar-refractivity contribution in [3.63, 3.8) is 0 Å². The number of carbonyl (C=O) groups excluding carboxylic acids is 1. The van der Waals surface area contributed by atoms with Crippen molar-refractivity contribution in [2.75, 3.05) is 19.0 Å². The van der Waals surface area contributed by atoms with Gasteiger partial charge in [-0.25, -0.2) is 0 Å². The Morgan fingerprint density at radius 1 is 1.27 bits per heavy atom. The molecule has 0 bridgehead atoms. The predicted octanol–water partition coefficient (Wildman–Crippen LogP) is 3.04. The van der Waals surface area contributed by atoms with Gasteiger partial charge >= 0.3 is 0 Å². The highest BCUT2D eigenvalue weighted by atomic mass is 32.2. The largest absolute Gasteiger partial charge is 0.380 e. The number of amides is 1. The summed E-state index contributed by atoms with van der Waals surface area (Å²) in [5.41, 5.74) is 0.864. The lowest BCUT2D eigenvalue weighted by molar-refractivity contribution is -0.118. The summed E-state index contributed by atoms with van der Waals surface area (Å²) < 4.78 is 5.28. The average Bonchev–Trinajstić information content (AvgIpc) is 3.20. The van der Waals surface area contributed by atoms with E-state index in [-0.39, 0.29) is 18.1 Å². The van der Waals surface area contributed by atoms with Gasteiger partial charge in [0.15, 0.2) is 0 Å². The molecule has 1 aromatic rings. The molecule has 2 N–H and O–H groups in total. The lowest BCUT2D eigenvalue weighted by Crippen LogP contribution is -2.35. The summed E-state index contributed by atoms with van der Waals surface area (Å²) in [6.45, 7) is 0.742. The maximum Gasteiger partial charge on any atom is 0.241 e. The molecule has 0 unspecified atom stereocenters. The minimum absolute atomic E-state index is 0.0238. The molecule has 1 amide bonds. The van der Waals surface area contributed by atoms with Crippen LogP contribution in [0.25, 0.3) is 0 Å². The Kier molecular flexibility index (Phi) is 5.39. The fraction of sp³-hybridized carbons (Fsp3) is 0.588. The monoisotopic (exact) mass is 320 g/mol. The van der Waals surface area contributed by atoms with Crippen molar-refractivity contribution in [2.24, 2.45) is 0 Å². The van der Waals surface area contributed by atoms with Crippen LogP contribution in [-0.2, 0) is 9.53 Å². The van der Waals surface area contributed by atoms with E-state index in [0.717, 1.165) is 23.9 Å². The van der Waals surface area contributed by atoms with Crippen LogP contribution in [0.4, 0.5) is 5.69 Å². The first-order chi connectivity index (χ1) is 10.7. The molecule has 1 saturated heterocycles. The smallest absolute Gasteiger partial charge is 0.241 e. The van der Waals surface area contributed by atoms with Gasteiger partial charge in [0.25, 0.3) is 0 Å². The molecule has 1 aliphatic carbocycles. The summed E-state index contributed by atoms with van der Waals surface area (Å²) in [6, 6.07) is 8.06. The SMILES string of the molecule is CO[C@@H]1CN[C@@H](C(=O)Nc2ccc(SC3CCCC3)cc2)C1. The second-order valence-corrected chi connectivity index (χ2v) is 7.47. The van der Waals surface area contributed by atoms with Crippen molar-refractivity contribution in [3.05, 3.63) is 24.3 Å². The van der Waals surface area contributed by atoms with Crippen molar-refractivity contribution in [1.82, 2.24) is 5.32 Å². The highest BCUT2D eigenvalue weighted by Crippen LogP contribution is 2.34. The zero-order valence-corrected chi connectivity index (χ0v) is 13.8. The molecule has 1 saturated carbocycles. The maximum atomic E-state index is 12.2. The van der Waals surface area contributed by atoms with Gasteiger partial charge in [0.1, 0.15) is 0 Å². The van der Waals surface area contributed by atoms with Gasteiger partial charge in [0.2, 0.25) is 5.91 Å². The molecule has 1 heterocycles. The van der Waals surface area contributed by atoms with Crippen LogP contribution >= 0.6 is 11.8 Å². The first kappa shape index (κ1) is 15.8. The van der Waals surface area contributed by atoms with E-state index < -0.39 is 0 Å². The Labute approximate surface area is 136 Å². The highest BCUT2D eigenvalue weighted by molar-refractivity contribution is 8.00. The van der Waals surface area contributed by atoms with E-state index in [1.165, 1.54) is 30.6 Å². The quantitative estimate of drug-likeness (QED) is 0.875. The van der Waals surface area contributed by atoms with Gasteiger partial charge in [-0.3, -0.25) is 4.79 Å². The van der Waals surface area contributed by atoms with Crippen LogP contribution in [-0.4, -0.2) is 37.0 Å². The maximum absolute atomic E-state index is 12.2. The number of hydrogen-bond donors (Lipinski definition) is 2. The zero-order valence-electron chi connectivity index (χ0n) is 13.0. The molecule has 1 aromatic carbocycles. The molecule has 0 aromatic heterocycles.